The van der Waals surface area contributed by atoms with Crippen molar-refractivity contribution in [2.75, 3.05) is 13.7 Å². The SMILES string of the molecule is C=C1C(=O)C23CC1CC(O)C2C12COC(OC)C1C(C)(C)CCC2OC3=O. The first-order valence-corrected chi connectivity index (χ1v) is 9.97. The van der Waals surface area contributed by atoms with E-state index in [1.807, 2.05) is 0 Å². The van der Waals surface area contributed by atoms with Crippen LogP contribution in [0, 0.1) is 34.0 Å². The van der Waals surface area contributed by atoms with E-state index in [4.69, 9.17) is 14.2 Å². The number of ether oxygens (including phenoxy) is 3. The van der Waals surface area contributed by atoms with Crippen molar-refractivity contribution in [1.29, 1.82) is 0 Å². The highest BCUT2D eigenvalue weighted by molar-refractivity contribution is 6.15. The van der Waals surface area contributed by atoms with E-state index < -0.39 is 35.1 Å². The molecule has 0 aromatic heterocycles. The number of esters is 1. The Balaban J connectivity index is 1.74. The molecule has 3 aliphatic carbocycles. The van der Waals surface area contributed by atoms with Gasteiger partial charge in [-0.05, 0) is 42.6 Å². The molecule has 0 aromatic rings. The average Bonchev–Trinajstić information content (AvgIpc) is 3.10. The molecule has 2 spiro atoms. The molecule has 0 aromatic carbocycles. The Morgan fingerprint density at radius 3 is 2.70 bits per heavy atom. The van der Waals surface area contributed by atoms with Crippen molar-refractivity contribution in [1.82, 2.24) is 0 Å². The van der Waals surface area contributed by atoms with Gasteiger partial charge in [0.1, 0.15) is 11.5 Å². The number of carbonyl (C=O) groups is 2. The van der Waals surface area contributed by atoms with E-state index in [2.05, 4.69) is 20.4 Å². The van der Waals surface area contributed by atoms with Crippen molar-refractivity contribution in [3.8, 4) is 0 Å². The highest BCUT2D eigenvalue weighted by Crippen LogP contribution is 2.71. The second-order valence-electron chi connectivity index (χ2n) is 9.93. The predicted octanol–water partition coefficient (Wildman–Crippen LogP) is 1.85. The quantitative estimate of drug-likeness (QED) is 0.427. The van der Waals surface area contributed by atoms with E-state index in [-0.39, 0.29) is 29.1 Å². The third kappa shape index (κ3) is 1.83. The molecule has 148 valence electrons. The molecule has 2 aliphatic heterocycles. The van der Waals surface area contributed by atoms with E-state index in [0.29, 0.717) is 31.4 Å². The first-order chi connectivity index (χ1) is 12.7. The lowest BCUT2D eigenvalue weighted by Crippen LogP contribution is -2.70. The minimum atomic E-state index is -1.31. The van der Waals surface area contributed by atoms with Gasteiger partial charge in [0.15, 0.2) is 12.1 Å². The van der Waals surface area contributed by atoms with E-state index >= 15 is 0 Å². The average molecular weight is 376 g/mol. The van der Waals surface area contributed by atoms with Crippen LogP contribution in [0.2, 0.25) is 0 Å². The number of Topliss-reactive ketones (excluding diaryl/α,β-unsaturated/α-hetero) is 1. The smallest absolute Gasteiger partial charge is 0.320 e. The summed E-state index contributed by atoms with van der Waals surface area (Å²) < 4.78 is 17.8. The molecule has 1 N–H and O–H groups in total. The van der Waals surface area contributed by atoms with Crippen molar-refractivity contribution in [3.63, 3.8) is 0 Å². The van der Waals surface area contributed by atoms with Gasteiger partial charge in [0.05, 0.1) is 12.7 Å². The zero-order valence-electron chi connectivity index (χ0n) is 16.2. The Morgan fingerprint density at radius 2 is 2.00 bits per heavy atom. The number of carbonyl (C=O) groups excluding carboxylic acids is 2. The van der Waals surface area contributed by atoms with Crippen LogP contribution in [0.4, 0.5) is 0 Å². The van der Waals surface area contributed by atoms with Crippen LogP contribution >= 0.6 is 0 Å². The summed E-state index contributed by atoms with van der Waals surface area (Å²) in [6, 6.07) is 0. The molecule has 0 radical (unpaired) electrons. The predicted molar refractivity (Wildman–Crippen MR) is 94.4 cm³/mol. The molecule has 8 unspecified atom stereocenters. The molecular formula is C21H28O6. The fraction of sp³-hybridized carbons (Fsp3) is 0.810. The van der Waals surface area contributed by atoms with Crippen LogP contribution in [0.5, 0.6) is 0 Å². The maximum Gasteiger partial charge on any atom is 0.320 e. The van der Waals surface area contributed by atoms with Crippen molar-refractivity contribution in [2.45, 2.75) is 58.0 Å². The zero-order valence-corrected chi connectivity index (χ0v) is 16.2. The number of methoxy groups -OCH3 is 1. The van der Waals surface area contributed by atoms with Gasteiger partial charge in [0.25, 0.3) is 0 Å². The normalized spacial score (nSPS) is 52.8. The first kappa shape index (κ1) is 17.8. The maximum absolute atomic E-state index is 13.3. The molecule has 6 heteroatoms. The van der Waals surface area contributed by atoms with E-state index in [1.165, 1.54) is 0 Å². The minimum absolute atomic E-state index is 0.0587. The molecule has 2 heterocycles. The van der Waals surface area contributed by atoms with Gasteiger partial charge >= 0.3 is 5.97 Å². The number of aliphatic hydroxyl groups is 1. The molecule has 0 amide bonds. The first-order valence-electron chi connectivity index (χ1n) is 9.97. The lowest BCUT2D eigenvalue weighted by atomic mass is 9.43. The van der Waals surface area contributed by atoms with Gasteiger partial charge < -0.3 is 19.3 Å². The lowest BCUT2D eigenvalue weighted by Gasteiger charge is -2.62. The maximum atomic E-state index is 13.3. The van der Waals surface area contributed by atoms with E-state index in [1.54, 1.807) is 7.11 Å². The summed E-state index contributed by atoms with van der Waals surface area (Å²) in [7, 11) is 1.63. The van der Waals surface area contributed by atoms with Crippen LogP contribution in [0.1, 0.15) is 39.5 Å². The molecule has 3 saturated carbocycles. The van der Waals surface area contributed by atoms with Crippen LogP contribution in [0.3, 0.4) is 0 Å². The number of aliphatic hydroxyl groups excluding tert-OH is 1. The monoisotopic (exact) mass is 376 g/mol. The summed E-state index contributed by atoms with van der Waals surface area (Å²) >= 11 is 0. The van der Waals surface area contributed by atoms with Crippen LogP contribution in [-0.4, -0.2) is 49.1 Å². The van der Waals surface area contributed by atoms with Gasteiger partial charge in [-0.15, -0.1) is 0 Å². The summed E-state index contributed by atoms with van der Waals surface area (Å²) in [4.78, 5) is 26.5. The molecule has 2 bridgehead atoms. The van der Waals surface area contributed by atoms with Crippen LogP contribution in [0.25, 0.3) is 0 Å². The van der Waals surface area contributed by atoms with Gasteiger partial charge in [-0.3, -0.25) is 9.59 Å². The lowest BCUT2D eigenvalue weighted by molar-refractivity contribution is -0.252. The number of hydrogen-bond donors (Lipinski definition) is 1. The van der Waals surface area contributed by atoms with Crippen molar-refractivity contribution >= 4 is 11.8 Å². The van der Waals surface area contributed by atoms with Gasteiger partial charge in [-0.1, -0.05) is 20.4 Å². The number of ketones is 1. The summed E-state index contributed by atoms with van der Waals surface area (Å²) in [5.41, 5.74) is -1.57. The molecule has 6 nitrogen and oxygen atoms in total. The third-order valence-corrected chi connectivity index (χ3v) is 8.47. The Morgan fingerprint density at radius 1 is 1.26 bits per heavy atom. The van der Waals surface area contributed by atoms with Crippen molar-refractivity contribution < 1.29 is 28.9 Å². The number of allylic oxidation sites excluding steroid dienone is 1. The molecule has 5 fully saturated rings. The molecule has 5 aliphatic rings. The number of fused-ring (bicyclic) bond motifs is 1. The number of hydrogen-bond acceptors (Lipinski definition) is 6. The Hall–Kier alpha value is -1.24. The second-order valence-corrected chi connectivity index (χ2v) is 9.93. The minimum Gasteiger partial charge on any atom is -0.461 e. The molecule has 5 rings (SSSR count). The van der Waals surface area contributed by atoms with Gasteiger partial charge in [0.2, 0.25) is 0 Å². The standard InChI is InChI=1S/C21H28O6/c1-10-11-7-12(22)14-20(8-11,16(10)23)18(24)27-13-5-6-19(2,3)15-17(25-4)26-9-21(13,14)15/h11-15,17,22H,1,5-9H2,2-4H3. The highest BCUT2D eigenvalue weighted by atomic mass is 16.7. The zero-order chi connectivity index (χ0) is 19.4. The summed E-state index contributed by atoms with van der Waals surface area (Å²) in [6.07, 6.45) is 0.937. The van der Waals surface area contributed by atoms with E-state index in [0.717, 1.165) is 6.42 Å². The molecular weight excluding hydrogens is 348 g/mol. The van der Waals surface area contributed by atoms with E-state index in [9.17, 15) is 14.7 Å². The van der Waals surface area contributed by atoms with Crippen LogP contribution in [-0.2, 0) is 23.8 Å². The van der Waals surface area contributed by atoms with Gasteiger partial charge in [-0.25, -0.2) is 0 Å². The third-order valence-electron chi connectivity index (χ3n) is 8.47. The van der Waals surface area contributed by atoms with Gasteiger partial charge in [0, 0.05) is 24.4 Å². The van der Waals surface area contributed by atoms with Crippen LogP contribution in [0.15, 0.2) is 12.2 Å². The van der Waals surface area contributed by atoms with Crippen molar-refractivity contribution in [3.05, 3.63) is 12.2 Å². The summed E-state index contributed by atoms with van der Waals surface area (Å²) in [5, 5.41) is 11.2. The summed E-state index contributed by atoms with van der Waals surface area (Å²) in [5.74, 6) is -1.40. The number of rotatable bonds is 1. The fourth-order valence-electron chi connectivity index (χ4n) is 7.52. The van der Waals surface area contributed by atoms with Crippen LogP contribution < -0.4 is 0 Å². The Kier molecular flexibility index (Phi) is 3.45. The fourth-order valence-corrected chi connectivity index (χ4v) is 7.52. The second kappa shape index (κ2) is 5.22. The highest BCUT2D eigenvalue weighted by Gasteiger charge is 2.79. The van der Waals surface area contributed by atoms with Crippen molar-refractivity contribution in [2.24, 2.45) is 34.0 Å². The summed E-state index contributed by atoms with van der Waals surface area (Å²) in [6.45, 7) is 8.67. The largest absolute Gasteiger partial charge is 0.461 e. The van der Waals surface area contributed by atoms with Gasteiger partial charge in [-0.2, -0.15) is 0 Å². The Bertz CT molecular complexity index is 743. The molecule has 8 atom stereocenters. The topological polar surface area (TPSA) is 82.1 Å². The molecule has 2 saturated heterocycles. The molecule has 27 heavy (non-hydrogen) atoms. The Labute approximate surface area is 159 Å².